The number of carbonyl (C=O) groups excluding carboxylic acids is 2. The highest BCUT2D eigenvalue weighted by atomic mass is 32.2. The summed E-state index contributed by atoms with van der Waals surface area (Å²) < 4.78 is 54.0. The average molecular weight is 841 g/mol. The molecule has 6 atom stereocenters. The minimum atomic E-state index is -4.61. The summed E-state index contributed by atoms with van der Waals surface area (Å²) in [6.45, 7) is 3.55. The van der Waals surface area contributed by atoms with Gasteiger partial charge in [0.2, 0.25) is 0 Å². The Bertz CT molecular complexity index is 1310. The zero-order valence-corrected chi connectivity index (χ0v) is 36.2. The van der Waals surface area contributed by atoms with Crippen LogP contribution in [0.15, 0.2) is 60.8 Å². The van der Waals surface area contributed by atoms with Crippen LogP contribution in [0.25, 0.3) is 0 Å². The molecule has 1 heterocycles. The van der Waals surface area contributed by atoms with Gasteiger partial charge in [0.15, 0.2) is 12.4 Å². The Labute approximate surface area is 349 Å². The summed E-state index contributed by atoms with van der Waals surface area (Å²) in [7, 11) is -4.61. The summed E-state index contributed by atoms with van der Waals surface area (Å²) in [5.41, 5.74) is 0. The van der Waals surface area contributed by atoms with Crippen LogP contribution < -0.4 is 0 Å². The molecular weight excluding hydrogens is 765 g/mol. The molecule has 0 spiro atoms. The Morgan fingerprint density at radius 2 is 1.09 bits per heavy atom. The number of carbonyl (C=O) groups is 2. The molecule has 1 rings (SSSR count). The SMILES string of the molecule is CC/C=C\C/C=C\C/C=C\CCCCCCCCCC(=O)OC(COC(=O)CCCCCCC/C=C\C/C=C\CCC)COC1OC(CS(=O)(=O)O)C(O)C(O)C1O. The minimum Gasteiger partial charge on any atom is -0.462 e. The third-order valence-electron chi connectivity index (χ3n) is 9.56. The lowest BCUT2D eigenvalue weighted by Gasteiger charge is -2.40. The molecule has 0 aromatic rings. The fourth-order valence-corrected chi connectivity index (χ4v) is 6.89. The van der Waals surface area contributed by atoms with Gasteiger partial charge in [0, 0.05) is 12.8 Å². The molecule has 0 aliphatic carbocycles. The number of hydrogen-bond acceptors (Lipinski definition) is 11. The number of unbranched alkanes of at least 4 members (excludes halogenated alkanes) is 13. The first-order valence-corrected chi connectivity index (χ1v) is 23.5. The van der Waals surface area contributed by atoms with Crippen LogP contribution in [0.1, 0.15) is 155 Å². The van der Waals surface area contributed by atoms with E-state index < -0.39 is 71.2 Å². The lowest BCUT2D eigenvalue weighted by Crippen LogP contribution is -2.60. The zero-order chi connectivity index (χ0) is 42.7. The summed E-state index contributed by atoms with van der Waals surface area (Å²) in [5, 5.41) is 30.8. The van der Waals surface area contributed by atoms with Crippen LogP contribution in [0.4, 0.5) is 0 Å². The highest BCUT2D eigenvalue weighted by Gasteiger charge is 2.46. The maximum Gasteiger partial charge on any atom is 0.306 e. The van der Waals surface area contributed by atoms with E-state index >= 15 is 0 Å². The summed E-state index contributed by atoms with van der Waals surface area (Å²) in [6, 6.07) is 0. The number of esters is 2. The Kier molecular flexibility index (Phi) is 32.3. The fraction of sp³-hybridized carbons (Fsp3) is 0.733. The maximum atomic E-state index is 12.8. The quantitative estimate of drug-likeness (QED) is 0.0207. The van der Waals surface area contributed by atoms with Gasteiger partial charge < -0.3 is 34.3 Å². The van der Waals surface area contributed by atoms with Gasteiger partial charge in [-0.1, -0.05) is 132 Å². The minimum absolute atomic E-state index is 0.147. The van der Waals surface area contributed by atoms with Crippen molar-refractivity contribution >= 4 is 22.1 Å². The molecular formula is C45H76O12S. The molecule has 6 unspecified atom stereocenters. The van der Waals surface area contributed by atoms with Crippen LogP contribution >= 0.6 is 0 Å². The molecule has 1 aliphatic heterocycles. The smallest absolute Gasteiger partial charge is 0.306 e. The van der Waals surface area contributed by atoms with Crippen molar-refractivity contribution in [1.82, 2.24) is 0 Å². The van der Waals surface area contributed by atoms with E-state index in [1.165, 1.54) is 0 Å². The Balaban J connectivity index is 2.48. The van der Waals surface area contributed by atoms with Crippen LogP contribution in [-0.2, 0) is 38.7 Å². The summed E-state index contributed by atoms with van der Waals surface area (Å²) in [6.07, 6.45) is 32.6. The van der Waals surface area contributed by atoms with E-state index in [-0.39, 0.29) is 19.4 Å². The van der Waals surface area contributed by atoms with Crippen molar-refractivity contribution in [3.8, 4) is 0 Å². The lowest BCUT2D eigenvalue weighted by atomic mass is 10.00. The maximum absolute atomic E-state index is 12.8. The summed E-state index contributed by atoms with van der Waals surface area (Å²) >= 11 is 0. The van der Waals surface area contributed by atoms with Crippen molar-refractivity contribution in [2.75, 3.05) is 19.0 Å². The van der Waals surface area contributed by atoms with Gasteiger partial charge in [-0.3, -0.25) is 14.1 Å². The number of ether oxygens (including phenoxy) is 4. The van der Waals surface area contributed by atoms with Crippen molar-refractivity contribution in [2.45, 2.75) is 192 Å². The Morgan fingerprint density at radius 1 is 0.603 bits per heavy atom. The Hall–Kier alpha value is -2.65. The molecule has 1 saturated heterocycles. The molecule has 0 aromatic heterocycles. The van der Waals surface area contributed by atoms with Crippen molar-refractivity contribution < 1.29 is 56.8 Å². The molecule has 58 heavy (non-hydrogen) atoms. The van der Waals surface area contributed by atoms with Gasteiger partial charge in [-0.05, 0) is 70.6 Å². The highest BCUT2D eigenvalue weighted by Crippen LogP contribution is 2.24. The fourth-order valence-electron chi connectivity index (χ4n) is 6.20. The van der Waals surface area contributed by atoms with Crippen molar-refractivity contribution in [3.63, 3.8) is 0 Å². The second-order valence-electron chi connectivity index (χ2n) is 15.0. The first-order chi connectivity index (χ1) is 28.0. The molecule has 12 nitrogen and oxygen atoms in total. The van der Waals surface area contributed by atoms with Gasteiger partial charge >= 0.3 is 11.9 Å². The highest BCUT2D eigenvalue weighted by molar-refractivity contribution is 7.85. The van der Waals surface area contributed by atoms with Gasteiger partial charge in [0.1, 0.15) is 36.8 Å². The topological polar surface area (TPSA) is 186 Å². The van der Waals surface area contributed by atoms with E-state index in [0.29, 0.717) is 12.8 Å². The molecule has 1 fully saturated rings. The summed E-state index contributed by atoms with van der Waals surface area (Å²) in [5.74, 6) is -2.02. The zero-order valence-electron chi connectivity index (χ0n) is 35.4. The van der Waals surface area contributed by atoms with E-state index in [1.54, 1.807) is 0 Å². The molecule has 1 aliphatic rings. The van der Waals surface area contributed by atoms with E-state index in [0.717, 1.165) is 116 Å². The monoisotopic (exact) mass is 841 g/mol. The predicted molar refractivity (Wildman–Crippen MR) is 229 cm³/mol. The molecule has 13 heteroatoms. The number of aliphatic hydroxyl groups is 3. The molecule has 0 saturated carbocycles. The van der Waals surface area contributed by atoms with Crippen LogP contribution in [0.3, 0.4) is 0 Å². The number of allylic oxidation sites excluding steroid dienone is 10. The Morgan fingerprint density at radius 3 is 1.62 bits per heavy atom. The van der Waals surface area contributed by atoms with Gasteiger partial charge in [0.25, 0.3) is 10.1 Å². The van der Waals surface area contributed by atoms with Crippen LogP contribution in [-0.4, -0.2) is 96.0 Å². The first kappa shape index (κ1) is 53.4. The third kappa shape index (κ3) is 29.5. The molecule has 0 aromatic carbocycles. The predicted octanol–water partition coefficient (Wildman–Crippen LogP) is 8.56. The summed E-state index contributed by atoms with van der Waals surface area (Å²) in [4.78, 5) is 25.4. The molecule has 4 N–H and O–H groups in total. The van der Waals surface area contributed by atoms with Gasteiger partial charge in [-0.15, -0.1) is 0 Å². The van der Waals surface area contributed by atoms with E-state index in [2.05, 4.69) is 74.6 Å². The number of aliphatic hydroxyl groups excluding tert-OH is 3. The van der Waals surface area contributed by atoms with Crippen molar-refractivity contribution in [1.29, 1.82) is 0 Å². The number of rotatable bonds is 35. The van der Waals surface area contributed by atoms with E-state index in [9.17, 15) is 37.9 Å². The molecule has 0 radical (unpaired) electrons. The second-order valence-corrected chi connectivity index (χ2v) is 16.5. The van der Waals surface area contributed by atoms with E-state index in [4.69, 9.17) is 18.9 Å². The molecule has 0 bridgehead atoms. The average Bonchev–Trinajstić information content (AvgIpc) is 3.18. The molecule has 0 amide bonds. The third-order valence-corrected chi connectivity index (χ3v) is 10.3. The van der Waals surface area contributed by atoms with E-state index in [1.807, 2.05) is 0 Å². The number of hydrogen-bond donors (Lipinski definition) is 4. The largest absolute Gasteiger partial charge is 0.462 e. The van der Waals surface area contributed by atoms with Gasteiger partial charge in [-0.25, -0.2) is 0 Å². The molecule has 334 valence electrons. The van der Waals surface area contributed by atoms with Gasteiger partial charge in [0.05, 0.1) is 6.61 Å². The normalized spacial score (nSPS) is 21.0. The van der Waals surface area contributed by atoms with Crippen LogP contribution in [0, 0.1) is 0 Å². The first-order valence-electron chi connectivity index (χ1n) is 21.8. The lowest BCUT2D eigenvalue weighted by molar-refractivity contribution is -0.297. The van der Waals surface area contributed by atoms with Crippen molar-refractivity contribution in [3.05, 3.63) is 60.8 Å². The van der Waals surface area contributed by atoms with Crippen LogP contribution in [0.5, 0.6) is 0 Å². The standard InChI is InChI=1S/C45H76O12S/c1-3-5-7-9-11-13-15-17-18-19-20-22-24-26-28-30-32-34-41(47)56-38(36-55-45-44(50)43(49)42(48)39(57-45)37-58(51,52)53)35-54-40(46)33-31-29-27-25-23-21-16-14-12-10-8-6-4-2/h5,7-8,10-11,13-14,16-18,38-39,42-45,48-50H,3-4,6,9,12,15,19-37H2,1-2H3,(H,51,52,53)/b7-5-,10-8-,13-11-,16-14-,18-17-. The van der Waals surface area contributed by atoms with Crippen molar-refractivity contribution in [2.24, 2.45) is 0 Å². The second kappa shape index (κ2) is 35.1. The van der Waals surface area contributed by atoms with Crippen LogP contribution in [0.2, 0.25) is 0 Å². The van der Waals surface area contributed by atoms with Gasteiger partial charge in [-0.2, -0.15) is 8.42 Å².